The summed E-state index contributed by atoms with van der Waals surface area (Å²) in [7, 11) is 2.04. The number of anilines is 2. The molecule has 18 heavy (non-hydrogen) atoms. The van der Waals surface area contributed by atoms with Gasteiger partial charge in [0.25, 0.3) is 0 Å². The Morgan fingerprint density at radius 1 is 1.33 bits per heavy atom. The van der Waals surface area contributed by atoms with Crippen LogP contribution in [0.15, 0.2) is 6.07 Å². The topological polar surface area (TPSA) is 41.5 Å². The molecule has 0 atom stereocenters. The molecule has 0 unspecified atom stereocenters. The molecule has 1 aromatic heterocycles. The molecule has 5 heteroatoms. The first-order chi connectivity index (χ1) is 8.70. The van der Waals surface area contributed by atoms with E-state index >= 15 is 0 Å². The molecule has 0 aliphatic carbocycles. The number of hydrogen-bond donors (Lipinski definition) is 0. The van der Waals surface area contributed by atoms with E-state index in [4.69, 9.17) is 4.74 Å². The number of aryl methyl sites for hydroxylation is 1. The van der Waals surface area contributed by atoms with Gasteiger partial charge in [0, 0.05) is 38.4 Å². The van der Waals surface area contributed by atoms with Crippen LogP contribution in [0.25, 0.3) is 0 Å². The molecule has 1 aliphatic rings. The third-order valence-electron chi connectivity index (χ3n) is 3.06. The quantitative estimate of drug-likeness (QED) is 0.809. The van der Waals surface area contributed by atoms with E-state index < -0.39 is 0 Å². The molecule has 2 heterocycles. The number of aromatic nitrogens is 2. The maximum atomic E-state index is 5.37. The maximum absolute atomic E-state index is 5.37. The van der Waals surface area contributed by atoms with Gasteiger partial charge < -0.3 is 14.5 Å². The van der Waals surface area contributed by atoms with Gasteiger partial charge in [-0.3, -0.25) is 0 Å². The summed E-state index contributed by atoms with van der Waals surface area (Å²) in [6.07, 6.45) is 1.10. The summed E-state index contributed by atoms with van der Waals surface area (Å²) in [5.41, 5.74) is 1.02. The second-order valence-electron chi connectivity index (χ2n) is 4.69. The second kappa shape index (κ2) is 6.00. The predicted molar refractivity (Wildman–Crippen MR) is 73.4 cm³/mol. The fourth-order valence-corrected chi connectivity index (χ4v) is 2.10. The lowest BCUT2D eigenvalue weighted by Crippen LogP contribution is -2.37. The summed E-state index contributed by atoms with van der Waals surface area (Å²) >= 11 is 0. The number of hydrogen-bond acceptors (Lipinski definition) is 5. The zero-order valence-electron chi connectivity index (χ0n) is 11.5. The Morgan fingerprint density at radius 2 is 2.06 bits per heavy atom. The molecule has 0 radical (unpaired) electrons. The first-order valence-corrected chi connectivity index (χ1v) is 6.60. The number of nitrogens with zero attached hydrogens (tertiary/aromatic N) is 4. The first-order valence-electron chi connectivity index (χ1n) is 6.60. The summed E-state index contributed by atoms with van der Waals surface area (Å²) in [6.45, 7) is 8.54. The minimum Gasteiger partial charge on any atom is -0.378 e. The zero-order chi connectivity index (χ0) is 13.0. The highest BCUT2D eigenvalue weighted by Crippen LogP contribution is 2.17. The van der Waals surface area contributed by atoms with E-state index in [0.29, 0.717) is 0 Å². The van der Waals surface area contributed by atoms with Crippen molar-refractivity contribution in [2.24, 2.45) is 0 Å². The normalized spacial score (nSPS) is 15.8. The van der Waals surface area contributed by atoms with Gasteiger partial charge in [-0.15, -0.1) is 0 Å². The average Bonchev–Trinajstić information content (AvgIpc) is 2.39. The van der Waals surface area contributed by atoms with Crippen molar-refractivity contribution in [2.75, 3.05) is 49.7 Å². The molecule has 1 aromatic rings. The van der Waals surface area contributed by atoms with Crippen LogP contribution >= 0.6 is 0 Å². The summed E-state index contributed by atoms with van der Waals surface area (Å²) in [5.74, 6) is 1.84. The summed E-state index contributed by atoms with van der Waals surface area (Å²) in [5, 5.41) is 0. The minimum absolute atomic E-state index is 0.781. The molecule has 0 amide bonds. The van der Waals surface area contributed by atoms with Gasteiger partial charge >= 0.3 is 0 Å². The minimum atomic E-state index is 0.781. The van der Waals surface area contributed by atoms with Crippen molar-refractivity contribution in [3.8, 4) is 0 Å². The van der Waals surface area contributed by atoms with Gasteiger partial charge in [0.1, 0.15) is 5.82 Å². The van der Waals surface area contributed by atoms with E-state index in [2.05, 4.69) is 32.8 Å². The van der Waals surface area contributed by atoms with Crippen LogP contribution in [0, 0.1) is 6.92 Å². The molecular formula is C13H22N4O. The lowest BCUT2D eigenvalue weighted by molar-refractivity contribution is 0.122. The molecule has 2 rings (SSSR count). The van der Waals surface area contributed by atoms with E-state index in [-0.39, 0.29) is 0 Å². The van der Waals surface area contributed by atoms with Gasteiger partial charge in [0.05, 0.1) is 13.2 Å². The highest BCUT2D eigenvalue weighted by Gasteiger charge is 2.15. The molecule has 0 aromatic carbocycles. The van der Waals surface area contributed by atoms with Gasteiger partial charge in [-0.1, -0.05) is 6.92 Å². The van der Waals surface area contributed by atoms with Crippen LogP contribution in [0.1, 0.15) is 19.0 Å². The molecule has 100 valence electrons. The average molecular weight is 250 g/mol. The molecule has 0 saturated carbocycles. The van der Waals surface area contributed by atoms with Crippen molar-refractivity contribution in [1.29, 1.82) is 0 Å². The van der Waals surface area contributed by atoms with Crippen molar-refractivity contribution < 1.29 is 4.74 Å². The van der Waals surface area contributed by atoms with E-state index in [9.17, 15) is 0 Å². The molecule has 1 fully saturated rings. The number of rotatable bonds is 4. The lowest BCUT2D eigenvalue weighted by Gasteiger charge is -2.29. The maximum Gasteiger partial charge on any atom is 0.227 e. The Bertz CT molecular complexity index is 391. The van der Waals surface area contributed by atoms with Crippen molar-refractivity contribution >= 4 is 11.8 Å². The standard InChI is InChI=1S/C13H22N4O/c1-4-5-16(3)13-14-11(2)10-12(15-13)17-6-8-18-9-7-17/h10H,4-9H2,1-3H3. The Labute approximate surface area is 109 Å². The molecule has 1 aliphatic heterocycles. The third kappa shape index (κ3) is 3.10. The molecule has 0 N–H and O–H groups in total. The zero-order valence-corrected chi connectivity index (χ0v) is 11.5. The van der Waals surface area contributed by atoms with Gasteiger partial charge in [0.2, 0.25) is 5.95 Å². The monoisotopic (exact) mass is 250 g/mol. The predicted octanol–water partition coefficient (Wildman–Crippen LogP) is 1.47. The van der Waals surface area contributed by atoms with Crippen LogP contribution in [-0.2, 0) is 4.74 Å². The van der Waals surface area contributed by atoms with E-state index in [1.54, 1.807) is 0 Å². The fourth-order valence-electron chi connectivity index (χ4n) is 2.10. The van der Waals surface area contributed by atoms with E-state index in [0.717, 1.165) is 56.7 Å². The highest BCUT2D eigenvalue weighted by atomic mass is 16.5. The van der Waals surface area contributed by atoms with Gasteiger partial charge in [-0.2, -0.15) is 4.98 Å². The van der Waals surface area contributed by atoms with Crippen molar-refractivity contribution in [3.63, 3.8) is 0 Å². The van der Waals surface area contributed by atoms with Crippen LogP contribution < -0.4 is 9.80 Å². The van der Waals surface area contributed by atoms with Crippen LogP contribution in [-0.4, -0.2) is 49.9 Å². The Morgan fingerprint density at radius 3 is 2.72 bits per heavy atom. The van der Waals surface area contributed by atoms with E-state index in [1.165, 1.54) is 0 Å². The summed E-state index contributed by atoms with van der Waals surface area (Å²) in [4.78, 5) is 13.5. The molecule has 5 nitrogen and oxygen atoms in total. The Balaban J connectivity index is 2.19. The van der Waals surface area contributed by atoms with E-state index in [1.807, 2.05) is 14.0 Å². The molecular weight excluding hydrogens is 228 g/mol. The summed E-state index contributed by atoms with van der Waals surface area (Å²) in [6, 6.07) is 2.05. The van der Waals surface area contributed by atoms with Crippen molar-refractivity contribution in [2.45, 2.75) is 20.3 Å². The van der Waals surface area contributed by atoms with Crippen LogP contribution in [0.5, 0.6) is 0 Å². The Kier molecular flexibility index (Phi) is 4.36. The van der Waals surface area contributed by atoms with Crippen molar-refractivity contribution in [3.05, 3.63) is 11.8 Å². The fraction of sp³-hybridized carbons (Fsp3) is 0.692. The first kappa shape index (κ1) is 13.1. The van der Waals surface area contributed by atoms with Gasteiger partial charge in [-0.25, -0.2) is 4.98 Å². The Hall–Kier alpha value is -1.36. The SMILES string of the molecule is CCCN(C)c1nc(C)cc(N2CCOCC2)n1. The molecule has 0 bridgehead atoms. The van der Waals surface area contributed by atoms with Gasteiger partial charge in [-0.05, 0) is 13.3 Å². The third-order valence-corrected chi connectivity index (χ3v) is 3.06. The molecule has 0 spiro atoms. The van der Waals surface area contributed by atoms with Crippen LogP contribution in [0.3, 0.4) is 0 Å². The smallest absolute Gasteiger partial charge is 0.227 e. The van der Waals surface area contributed by atoms with Crippen LogP contribution in [0.4, 0.5) is 11.8 Å². The van der Waals surface area contributed by atoms with Gasteiger partial charge in [0.15, 0.2) is 0 Å². The lowest BCUT2D eigenvalue weighted by atomic mass is 10.3. The van der Waals surface area contributed by atoms with Crippen LogP contribution in [0.2, 0.25) is 0 Å². The molecule has 1 saturated heterocycles. The summed E-state index contributed by atoms with van der Waals surface area (Å²) < 4.78 is 5.37. The number of ether oxygens (including phenoxy) is 1. The second-order valence-corrected chi connectivity index (χ2v) is 4.69. The van der Waals surface area contributed by atoms with Crippen molar-refractivity contribution in [1.82, 2.24) is 9.97 Å². The largest absolute Gasteiger partial charge is 0.378 e. The number of morpholine rings is 1. The highest BCUT2D eigenvalue weighted by molar-refractivity contribution is 5.45.